The number of hydrogen-bond acceptors (Lipinski definition) is 6. The summed E-state index contributed by atoms with van der Waals surface area (Å²) in [5.41, 5.74) is 4.96. The summed E-state index contributed by atoms with van der Waals surface area (Å²) in [6, 6.07) is 0.686. The summed E-state index contributed by atoms with van der Waals surface area (Å²) in [7, 11) is 0. The van der Waals surface area contributed by atoms with Crippen molar-refractivity contribution in [2.75, 3.05) is 39.5 Å². The van der Waals surface area contributed by atoms with E-state index in [0.717, 1.165) is 18.7 Å². The molecule has 4 aliphatic rings. The average Bonchev–Trinajstić information content (AvgIpc) is 3.39. The number of pyridine rings is 1. The summed E-state index contributed by atoms with van der Waals surface area (Å²) in [6.45, 7) is 4.74. The Morgan fingerprint density at radius 1 is 1.35 bits per heavy atom. The first kappa shape index (κ1) is 26.2. The summed E-state index contributed by atoms with van der Waals surface area (Å²) >= 11 is 0. The molecule has 3 N–H and O–H groups in total. The zero-order chi connectivity index (χ0) is 26.4. The first-order valence-corrected chi connectivity index (χ1v) is 12.9. The summed E-state index contributed by atoms with van der Waals surface area (Å²) in [5, 5.41) is 3.70. The molecule has 2 saturated heterocycles. The van der Waals surface area contributed by atoms with Crippen molar-refractivity contribution in [3.05, 3.63) is 29.1 Å². The van der Waals surface area contributed by atoms with Crippen LogP contribution in [0.15, 0.2) is 12.3 Å². The highest BCUT2D eigenvalue weighted by Crippen LogP contribution is 2.50. The maximum Gasteiger partial charge on any atom is 0.417 e. The Bertz CT molecular complexity index is 1040. The van der Waals surface area contributed by atoms with Crippen molar-refractivity contribution in [3.8, 4) is 0 Å². The normalized spacial score (nSPS) is 31.8. The number of primary amides is 1. The number of amides is 3. The van der Waals surface area contributed by atoms with Crippen LogP contribution in [-0.2, 0) is 33.4 Å². The number of ether oxygens (including phenoxy) is 2. The molecule has 37 heavy (non-hydrogen) atoms. The smallest absolute Gasteiger partial charge is 0.379 e. The average molecular weight is 526 g/mol. The third-order valence-corrected chi connectivity index (χ3v) is 8.40. The van der Waals surface area contributed by atoms with Crippen molar-refractivity contribution in [1.82, 2.24) is 20.1 Å². The lowest BCUT2D eigenvalue weighted by molar-refractivity contribution is -0.143. The Labute approximate surface area is 213 Å². The van der Waals surface area contributed by atoms with Crippen LogP contribution >= 0.6 is 0 Å². The molecule has 0 aromatic carbocycles. The van der Waals surface area contributed by atoms with Crippen molar-refractivity contribution in [2.45, 2.75) is 63.5 Å². The maximum absolute atomic E-state index is 14.1. The number of aromatic nitrogens is 1. The van der Waals surface area contributed by atoms with Crippen molar-refractivity contribution < 1.29 is 32.2 Å². The van der Waals surface area contributed by atoms with Crippen LogP contribution in [0.5, 0.6) is 0 Å². The second-order valence-electron chi connectivity index (χ2n) is 10.6. The lowest BCUT2D eigenvalue weighted by atomic mass is 9.78. The second-order valence-corrected chi connectivity index (χ2v) is 10.6. The van der Waals surface area contributed by atoms with E-state index in [1.54, 1.807) is 4.90 Å². The largest absolute Gasteiger partial charge is 0.417 e. The molecule has 1 aliphatic carbocycles. The first-order valence-electron chi connectivity index (χ1n) is 12.9. The highest BCUT2D eigenvalue weighted by atomic mass is 19.4. The predicted octanol–water partition coefficient (Wildman–Crippen LogP) is 1.93. The standard InChI is InChI=1S/C25H34F3N5O4/c1-2-37-21-13-36-6-4-20(21)31-18-8-17-12-33(23(29)35)14-24(17,9-18)22(34)32-5-3-19-15(11-32)7-16(10-30-19)25(26,27)28/h7,10,17-18,20-21,31H,2-6,8-9,11-14H2,1H3,(H2,29,35)/t17-,18+,20-,21+,24-/m0/s1. The number of carbonyl (C=O) groups is 2. The van der Waals surface area contributed by atoms with Crippen LogP contribution in [0.3, 0.4) is 0 Å². The van der Waals surface area contributed by atoms with Gasteiger partial charge in [0.25, 0.3) is 0 Å². The van der Waals surface area contributed by atoms with Crippen LogP contribution in [0.25, 0.3) is 0 Å². The molecule has 0 unspecified atom stereocenters. The number of fused-ring (bicyclic) bond motifs is 2. The number of nitrogens with zero attached hydrogens (tertiary/aromatic N) is 3. The SMILES string of the molecule is CCO[C@@H]1COCC[C@@H]1N[C@@H]1C[C@H]2CN(C(N)=O)C[C@@]2(C(=O)N2CCc3ncc(C(F)(F)F)cc3C2)C1. The Balaban J connectivity index is 1.35. The summed E-state index contributed by atoms with van der Waals surface area (Å²) in [5.74, 6) is -0.210. The van der Waals surface area contributed by atoms with Gasteiger partial charge in [0.15, 0.2) is 0 Å². The molecule has 204 valence electrons. The third-order valence-electron chi connectivity index (χ3n) is 8.40. The predicted molar refractivity (Wildman–Crippen MR) is 126 cm³/mol. The van der Waals surface area contributed by atoms with Crippen molar-refractivity contribution in [2.24, 2.45) is 17.1 Å². The molecule has 12 heteroatoms. The molecular formula is C25H34F3N5O4. The Hall–Kier alpha value is -2.44. The number of alkyl halides is 3. The summed E-state index contributed by atoms with van der Waals surface area (Å²) in [4.78, 5) is 33.3. The number of urea groups is 1. The molecule has 3 fully saturated rings. The van der Waals surface area contributed by atoms with E-state index in [1.165, 1.54) is 4.90 Å². The Morgan fingerprint density at radius 2 is 2.16 bits per heavy atom. The highest BCUT2D eigenvalue weighted by Gasteiger charge is 2.59. The number of nitrogens with two attached hydrogens (primary N) is 1. The van der Waals surface area contributed by atoms with Crippen molar-refractivity contribution in [3.63, 3.8) is 0 Å². The topological polar surface area (TPSA) is 110 Å². The molecule has 1 saturated carbocycles. The second kappa shape index (κ2) is 10.0. The van der Waals surface area contributed by atoms with Gasteiger partial charge in [0, 0.05) is 69.8 Å². The zero-order valence-corrected chi connectivity index (χ0v) is 20.9. The van der Waals surface area contributed by atoms with E-state index in [0.29, 0.717) is 63.4 Å². The monoisotopic (exact) mass is 525 g/mol. The van der Waals surface area contributed by atoms with Gasteiger partial charge in [-0.25, -0.2) is 4.79 Å². The van der Waals surface area contributed by atoms with Crippen molar-refractivity contribution in [1.29, 1.82) is 0 Å². The van der Waals surface area contributed by atoms with E-state index >= 15 is 0 Å². The third kappa shape index (κ3) is 5.03. The molecule has 1 aromatic rings. The van der Waals surface area contributed by atoms with Gasteiger partial charge in [-0.1, -0.05) is 0 Å². The zero-order valence-electron chi connectivity index (χ0n) is 20.9. The van der Waals surface area contributed by atoms with E-state index in [-0.39, 0.29) is 43.1 Å². The van der Waals surface area contributed by atoms with Gasteiger partial charge in [-0.3, -0.25) is 9.78 Å². The van der Waals surface area contributed by atoms with Gasteiger partial charge in [0.2, 0.25) is 5.91 Å². The van der Waals surface area contributed by atoms with Crippen LogP contribution in [0.4, 0.5) is 18.0 Å². The minimum absolute atomic E-state index is 0.0469. The number of likely N-dealkylation sites (tertiary alicyclic amines) is 1. The number of halogens is 3. The Morgan fingerprint density at radius 3 is 2.89 bits per heavy atom. The molecule has 1 aromatic heterocycles. The van der Waals surface area contributed by atoms with Crippen molar-refractivity contribution >= 4 is 11.9 Å². The molecule has 9 nitrogen and oxygen atoms in total. The number of carbonyl (C=O) groups excluding carboxylic acids is 2. The maximum atomic E-state index is 14.1. The molecule has 5 rings (SSSR count). The van der Waals surface area contributed by atoms with Crippen LogP contribution in [-0.4, -0.2) is 84.4 Å². The first-order chi connectivity index (χ1) is 17.6. The summed E-state index contributed by atoms with van der Waals surface area (Å²) in [6.07, 6.45) is -1.29. The van der Waals surface area contributed by atoms with E-state index in [1.807, 2.05) is 6.92 Å². The molecule has 3 amide bonds. The molecule has 0 bridgehead atoms. The van der Waals surface area contributed by atoms with Crippen LogP contribution in [0, 0.1) is 11.3 Å². The lowest BCUT2D eigenvalue weighted by Crippen LogP contribution is -2.52. The van der Waals surface area contributed by atoms with Crippen LogP contribution < -0.4 is 11.1 Å². The van der Waals surface area contributed by atoms with Gasteiger partial charge in [0.05, 0.1) is 23.7 Å². The molecule has 5 atom stereocenters. The molecule has 0 spiro atoms. The van der Waals surface area contributed by atoms with E-state index in [4.69, 9.17) is 15.2 Å². The lowest BCUT2D eigenvalue weighted by Gasteiger charge is -2.37. The van der Waals surface area contributed by atoms with E-state index in [2.05, 4.69) is 10.3 Å². The van der Waals surface area contributed by atoms with Gasteiger partial charge >= 0.3 is 12.2 Å². The molecule has 0 radical (unpaired) electrons. The minimum Gasteiger partial charge on any atom is -0.379 e. The van der Waals surface area contributed by atoms with Gasteiger partial charge < -0.3 is 30.3 Å². The molecule has 4 heterocycles. The number of hydrogen-bond donors (Lipinski definition) is 2. The van der Waals surface area contributed by atoms with Crippen LogP contribution in [0.2, 0.25) is 0 Å². The number of nitrogens with one attached hydrogen (secondary N) is 1. The fraction of sp³-hybridized carbons (Fsp3) is 0.720. The van der Waals surface area contributed by atoms with Gasteiger partial charge in [0.1, 0.15) is 0 Å². The van der Waals surface area contributed by atoms with Crippen LogP contribution in [0.1, 0.15) is 43.0 Å². The molecular weight excluding hydrogens is 491 g/mol. The minimum atomic E-state index is -4.50. The van der Waals surface area contributed by atoms with Gasteiger partial charge in [-0.15, -0.1) is 0 Å². The summed E-state index contributed by atoms with van der Waals surface area (Å²) < 4.78 is 51.3. The fourth-order valence-electron chi connectivity index (χ4n) is 6.65. The van der Waals surface area contributed by atoms with Gasteiger partial charge in [-0.2, -0.15) is 13.2 Å². The fourth-order valence-corrected chi connectivity index (χ4v) is 6.65. The quantitative estimate of drug-likeness (QED) is 0.608. The highest BCUT2D eigenvalue weighted by molar-refractivity contribution is 5.86. The molecule has 3 aliphatic heterocycles. The van der Waals surface area contributed by atoms with Gasteiger partial charge in [-0.05, 0) is 43.7 Å². The number of rotatable bonds is 5. The van der Waals surface area contributed by atoms with E-state index < -0.39 is 23.2 Å². The van der Waals surface area contributed by atoms with E-state index in [9.17, 15) is 22.8 Å². The Kier molecular flexibility index (Phi) is 7.10.